The molecule has 0 aliphatic carbocycles. The topological polar surface area (TPSA) is 72.2 Å². The number of nitrogens with one attached hydrogen (secondary N) is 1. The Morgan fingerprint density at radius 2 is 2.00 bits per heavy atom. The molecule has 130 valence electrons. The van der Waals surface area contributed by atoms with Crippen molar-refractivity contribution >= 4 is 40.3 Å². The van der Waals surface area contributed by atoms with Gasteiger partial charge in [0.2, 0.25) is 5.91 Å². The van der Waals surface area contributed by atoms with Crippen LogP contribution in [0.5, 0.6) is 0 Å². The molecule has 0 aliphatic heterocycles. The van der Waals surface area contributed by atoms with Gasteiger partial charge in [0, 0.05) is 5.69 Å². The maximum absolute atomic E-state index is 12.1. The molecule has 3 heterocycles. The number of carbonyl (C=O) groups excluding carboxylic acids is 1. The number of carbonyl (C=O) groups is 1. The molecule has 8 heteroatoms. The molecule has 0 unspecified atom stereocenters. The summed E-state index contributed by atoms with van der Waals surface area (Å²) in [5.74, 6) is 0.924. The SMILES string of the molecule is Cc1ccc(NC(=O)CSc2ccc3nnc(-c4cccs4)n3n2)cc1. The Morgan fingerprint density at radius 3 is 2.77 bits per heavy atom. The van der Waals surface area contributed by atoms with Crippen molar-refractivity contribution in [3.05, 3.63) is 59.5 Å². The summed E-state index contributed by atoms with van der Waals surface area (Å²) in [6.07, 6.45) is 0. The number of fused-ring (bicyclic) bond motifs is 1. The van der Waals surface area contributed by atoms with E-state index in [2.05, 4.69) is 20.6 Å². The van der Waals surface area contributed by atoms with E-state index in [1.165, 1.54) is 11.8 Å². The van der Waals surface area contributed by atoms with Crippen LogP contribution in [0.4, 0.5) is 5.69 Å². The first kappa shape index (κ1) is 16.7. The number of hydrogen-bond donors (Lipinski definition) is 1. The lowest BCUT2D eigenvalue weighted by Gasteiger charge is -2.05. The van der Waals surface area contributed by atoms with Crippen LogP contribution in [0.25, 0.3) is 16.3 Å². The minimum atomic E-state index is -0.0667. The first-order chi connectivity index (χ1) is 12.7. The van der Waals surface area contributed by atoms with Gasteiger partial charge in [0.15, 0.2) is 11.5 Å². The second kappa shape index (κ2) is 7.27. The van der Waals surface area contributed by atoms with E-state index in [4.69, 9.17) is 0 Å². The third kappa shape index (κ3) is 3.61. The van der Waals surface area contributed by atoms with Crippen molar-refractivity contribution in [2.24, 2.45) is 0 Å². The van der Waals surface area contributed by atoms with Crippen molar-refractivity contribution in [2.45, 2.75) is 11.9 Å². The summed E-state index contributed by atoms with van der Waals surface area (Å²) in [4.78, 5) is 13.2. The monoisotopic (exact) mass is 381 g/mol. The van der Waals surface area contributed by atoms with E-state index in [1.807, 2.05) is 60.8 Å². The van der Waals surface area contributed by atoms with Crippen LogP contribution < -0.4 is 5.32 Å². The summed E-state index contributed by atoms with van der Waals surface area (Å²) < 4.78 is 1.71. The molecule has 1 N–H and O–H groups in total. The highest BCUT2D eigenvalue weighted by atomic mass is 32.2. The zero-order valence-electron chi connectivity index (χ0n) is 13.9. The molecule has 0 radical (unpaired) electrons. The highest BCUT2D eigenvalue weighted by Crippen LogP contribution is 2.24. The van der Waals surface area contributed by atoms with Gasteiger partial charge < -0.3 is 5.32 Å². The van der Waals surface area contributed by atoms with E-state index < -0.39 is 0 Å². The fourth-order valence-corrected chi connectivity index (χ4v) is 3.73. The predicted molar refractivity (Wildman–Crippen MR) is 105 cm³/mol. The van der Waals surface area contributed by atoms with Gasteiger partial charge in [-0.2, -0.15) is 9.61 Å². The first-order valence-electron chi connectivity index (χ1n) is 7.95. The van der Waals surface area contributed by atoms with Gasteiger partial charge in [0.05, 0.1) is 10.6 Å². The lowest BCUT2D eigenvalue weighted by atomic mass is 10.2. The van der Waals surface area contributed by atoms with Crippen molar-refractivity contribution in [3.63, 3.8) is 0 Å². The average Bonchev–Trinajstić information content (AvgIpc) is 3.30. The second-order valence-electron chi connectivity index (χ2n) is 5.65. The molecule has 0 bridgehead atoms. The highest BCUT2D eigenvalue weighted by Gasteiger charge is 2.12. The maximum atomic E-state index is 12.1. The summed E-state index contributed by atoms with van der Waals surface area (Å²) in [5.41, 5.74) is 2.63. The molecule has 3 aromatic heterocycles. The van der Waals surface area contributed by atoms with Crippen LogP contribution in [-0.4, -0.2) is 31.5 Å². The number of aryl methyl sites for hydroxylation is 1. The zero-order chi connectivity index (χ0) is 17.9. The Labute approximate surface area is 158 Å². The molecule has 0 aliphatic rings. The second-order valence-corrected chi connectivity index (χ2v) is 7.59. The van der Waals surface area contributed by atoms with E-state index >= 15 is 0 Å². The minimum absolute atomic E-state index is 0.0667. The Kier molecular flexibility index (Phi) is 4.68. The minimum Gasteiger partial charge on any atom is -0.325 e. The fraction of sp³-hybridized carbons (Fsp3) is 0.111. The van der Waals surface area contributed by atoms with Crippen LogP contribution in [0.15, 0.2) is 58.9 Å². The molecular formula is C18H15N5OS2. The van der Waals surface area contributed by atoms with Gasteiger partial charge in [-0.05, 0) is 42.6 Å². The fourth-order valence-electron chi connectivity index (χ4n) is 2.38. The van der Waals surface area contributed by atoms with Crippen LogP contribution in [0.2, 0.25) is 0 Å². The quantitative estimate of drug-likeness (QED) is 0.531. The number of thioether (sulfide) groups is 1. The van der Waals surface area contributed by atoms with Crippen molar-refractivity contribution in [1.29, 1.82) is 0 Å². The van der Waals surface area contributed by atoms with Gasteiger partial charge in [-0.15, -0.1) is 21.5 Å². The average molecular weight is 381 g/mol. The summed E-state index contributed by atoms with van der Waals surface area (Å²) in [5, 5.41) is 18.5. The standard InChI is InChI=1S/C18H15N5OS2/c1-12-4-6-13(7-5-12)19-16(24)11-26-17-9-8-15-20-21-18(23(15)22-17)14-3-2-10-25-14/h2-10H,11H2,1H3,(H,19,24). The van der Waals surface area contributed by atoms with Crippen LogP contribution in [-0.2, 0) is 4.79 Å². The van der Waals surface area contributed by atoms with E-state index in [0.29, 0.717) is 11.5 Å². The Morgan fingerprint density at radius 1 is 1.15 bits per heavy atom. The molecule has 0 fully saturated rings. The Balaban J connectivity index is 1.46. The summed E-state index contributed by atoms with van der Waals surface area (Å²) in [6.45, 7) is 2.01. The van der Waals surface area contributed by atoms with Crippen LogP contribution in [0.1, 0.15) is 5.56 Å². The molecular weight excluding hydrogens is 366 g/mol. The van der Waals surface area contributed by atoms with Crippen molar-refractivity contribution < 1.29 is 4.79 Å². The van der Waals surface area contributed by atoms with Crippen molar-refractivity contribution in [1.82, 2.24) is 19.8 Å². The summed E-state index contributed by atoms with van der Waals surface area (Å²) >= 11 is 2.97. The molecule has 1 aromatic carbocycles. The molecule has 26 heavy (non-hydrogen) atoms. The number of nitrogens with zero attached hydrogens (tertiary/aromatic N) is 4. The number of rotatable bonds is 5. The van der Waals surface area contributed by atoms with Gasteiger partial charge >= 0.3 is 0 Å². The molecule has 4 rings (SSSR count). The number of anilines is 1. The lowest BCUT2D eigenvalue weighted by Crippen LogP contribution is -2.14. The largest absolute Gasteiger partial charge is 0.325 e. The first-order valence-corrected chi connectivity index (χ1v) is 9.81. The van der Waals surface area contributed by atoms with Gasteiger partial charge in [-0.3, -0.25) is 4.79 Å². The maximum Gasteiger partial charge on any atom is 0.234 e. The number of benzene rings is 1. The number of hydrogen-bond acceptors (Lipinski definition) is 6. The van der Waals surface area contributed by atoms with E-state index in [-0.39, 0.29) is 11.7 Å². The van der Waals surface area contributed by atoms with Gasteiger partial charge in [0.1, 0.15) is 5.03 Å². The summed E-state index contributed by atoms with van der Waals surface area (Å²) in [6, 6.07) is 15.4. The molecule has 0 atom stereocenters. The number of aromatic nitrogens is 4. The lowest BCUT2D eigenvalue weighted by molar-refractivity contribution is -0.113. The Bertz CT molecular complexity index is 1040. The summed E-state index contributed by atoms with van der Waals surface area (Å²) in [7, 11) is 0. The smallest absolute Gasteiger partial charge is 0.234 e. The predicted octanol–water partition coefficient (Wildman–Crippen LogP) is 3.89. The van der Waals surface area contributed by atoms with Gasteiger partial charge in [-0.1, -0.05) is 35.5 Å². The van der Waals surface area contributed by atoms with Crippen LogP contribution in [0.3, 0.4) is 0 Å². The van der Waals surface area contributed by atoms with Gasteiger partial charge in [-0.25, -0.2) is 0 Å². The Hall–Kier alpha value is -2.71. The number of thiophene rings is 1. The molecule has 0 spiro atoms. The van der Waals surface area contributed by atoms with E-state index in [0.717, 1.165) is 21.2 Å². The molecule has 0 saturated heterocycles. The molecule has 0 saturated carbocycles. The van der Waals surface area contributed by atoms with E-state index in [1.54, 1.807) is 15.9 Å². The van der Waals surface area contributed by atoms with Crippen molar-refractivity contribution in [2.75, 3.05) is 11.1 Å². The molecule has 4 aromatic rings. The molecule has 6 nitrogen and oxygen atoms in total. The van der Waals surface area contributed by atoms with E-state index in [9.17, 15) is 4.79 Å². The highest BCUT2D eigenvalue weighted by molar-refractivity contribution is 7.99. The normalized spacial score (nSPS) is 11.0. The van der Waals surface area contributed by atoms with Gasteiger partial charge in [0.25, 0.3) is 0 Å². The van der Waals surface area contributed by atoms with Crippen molar-refractivity contribution in [3.8, 4) is 10.7 Å². The number of amides is 1. The third-order valence-electron chi connectivity index (χ3n) is 3.67. The third-order valence-corrected chi connectivity index (χ3v) is 5.45. The molecule has 1 amide bonds. The van der Waals surface area contributed by atoms with Crippen LogP contribution >= 0.6 is 23.1 Å². The zero-order valence-corrected chi connectivity index (χ0v) is 15.5. The van der Waals surface area contributed by atoms with Crippen LogP contribution in [0, 0.1) is 6.92 Å².